The van der Waals surface area contributed by atoms with E-state index < -0.39 is 0 Å². The molecule has 0 saturated carbocycles. The number of amides is 1. The van der Waals surface area contributed by atoms with E-state index in [-0.39, 0.29) is 11.9 Å². The summed E-state index contributed by atoms with van der Waals surface area (Å²) < 4.78 is 12.6. The topological polar surface area (TPSA) is 77.4 Å². The third-order valence-corrected chi connectivity index (χ3v) is 5.85. The van der Waals surface area contributed by atoms with Crippen molar-refractivity contribution in [2.45, 2.75) is 13.0 Å². The van der Waals surface area contributed by atoms with Crippen molar-refractivity contribution in [2.24, 2.45) is 0 Å². The Hall–Kier alpha value is -4.52. The van der Waals surface area contributed by atoms with Gasteiger partial charge >= 0.3 is 0 Å². The summed E-state index contributed by atoms with van der Waals surface area (Å²) in [6, 6.07) is 25.0. The van der Waals surface area contributed by atoms with E-state index in [0.717, 1.165) is 28.3 Å². The van der Waals surface area contributed by atoms with Crippen LogP contribution in [0.1, 0.15) is 34.5 Å². The van der Waals surface area contributed by atoms with Crippen molar-refractivity contribution in [1.82, 2.24) is 9.78 Å². The van der Waals surface area contributed by atoms with Gasteiger partial charge in [0.1, 0.15) is 22.9 Å². The summed E-state index contributed by atoms with van der Waals surface area (Å²) >= 11 is 0. The molecule has 1 aromatic heterocycles. The largest absolute Gasteiger partial charge is 0.497 e. The van der Waals surface area contributed by atoms with Crippen molar-refractivity contribution in [3.8, 4) is 11.5 Å². The monoisotopic (exact) mass is 466 g/mol. The second-order valence-corrected chi connectivity index (χ2v) is 8.05. The number of carbonyl (C=O) groups excluding carboxylic acids is 1. The van der Waals surface area contributed by atoms with E-state index in [0.29, 0.717) is 23.7 Å². The Morgan fingerprint density at radius 2 is 1.71 bits per heavy atom. The number of rotatable bonds is 7. The van der Waals surface area contributed by atoms with Crippen LogP contribution in [0.25, 0.3) is 5.70 Å². The number of ether oxygens (including phenoxy) is 2. The number of hydrogen-bond acceptors (Lipinski definition) is 5. The standard InChI is InChI=1S/C28H26N4O3/c1-3-35-23-15-11-21(12-16-23)30-28(33)24-18-29-32-26(20-9-13-22(34-2)14-10-20)17-25(31-27(24)32)19-7-5-4-6-8-19/h4-18,26,31H,3H2,1-2H3,(H,30,33)/t26-/m1/s1. The SMILES string of the molecule is CCOc1ccc(NC(=O)c2cnn3c2NC(c2ccccc2)=C[C@@H]3c2ccc(OC)cc2)cc1. The van der Waals surface area contributed by atoms with Crippen molar-refractivity contribution < 1.29 is 14.3 Å². The number of nitrogens with zero attached hydrogens (tertiary/aromatic N) is 2. The fourth-order valence-electron chi connectivity index (χ4n) is 4.09. The molecule has 2 N–H and O–H groups in total. The summed E-state index contributed by atoms with van der Waals surface area (Å²) in [5.41, 5.74) is 4.10. The third kappa shape index (κ3) is 4.61. The summed E-state index contributed by atoms with van der Waals surface area (Å²) in [7, 11) is 1.65. The van der Waals surface area contributed by atoms with E-state index >= 15 is 0 Å². The van der Waals surface area contributed by atoms with Gasteiger partial charge in [0.05, 0.1) is 26.0 Å². The minimum Gasteiger partial charge on any atom is -0.497 e. The van der Waals surface area contributed by atoms with Crippen molar-refractivity contribution in [2.75, 3.05) is 24.4 Å². The molecule has 4 aromatic rings. The van der Waals surface area contributed by atoms with E-state index in [2.05, 4.69) is 21.8 Å². The van der Waals surface area contributed by atoms with Crippen LogP contribution in [0.5, 0.6) is 11.5 Å². The molecule has 0 saturated heterocycles. The predicted octanol–water partition coefficient (Wildman–Crippen LogP) is 5.60. The van der Waals surface area contributed by atoms with Crippen molar-refractivity contribution in [1.29, 1.82) is 0 Å². The fourth-order valence-corrected chi connectivity index (χ4v) is 4.09. The highest BCUT2D eigenvalue weighted by molar-refractivity contribution is 6.08. The van der Waals surface area contributed by atoms with E-state index in [9.17, 15) is 4.79 Å². The zero-order valence-electron chi connectivity index (χ0n) is 19.6. The van der Waals surface area contributed by atoms with Crippen LogP contribution < -0.4 is 20.1 Å². The zero-order valence-corrected chi connectivity index (χ0v) is 19.6. The summed E-state index contributed by atoms with van der Waals surface area (Å²) in [6.45, 7) is 2.52. The number of allylic oxidation sites excluding steroid dienone is 1. The van der Waals surface area contributed by atoms with E-state index in [1.807, 2.05) is 90.5 Å². The van der Waals surface area contributed by atoms with E-state index in [4.69, 9.17) is 9.47 Å². The molecule has 176 valence electrons. The second-order valence-electron chi connectivity index (χ2n) is 8.05. The average molecular weight is 467 g/mol. The number of anilines is 2. The molecule has 5 rings (SSSR count). The maximum atomic E-state index is 13.3. The highest BCUT2D eigenvalue weighted by Gasteiger charge is 2.28. The van der Waals surface area contributed by atoms with Crippen molar-refractivity contribution in [3.63, 3.8) is 0 Å². The van der Waals surface area contributed by atoms with Gasteiger partial charge in [0.2, 0.25) is 0 Å². The minimum absolute atomic E-state index is 0.195. The number of methoxy groups -OCH3 is 1. The normalized spacial score (nSPS) is 14.3. The Balaban J connectivity index is 1.49. The molecule has 0 aliphatic carbocycles. The molecule has 0 unspecified atom stereocenters. The number of fused-ring (bicyclic) bond motifs is 1. The molecule has 0 radical (unpaired) electrons. The highest BCUT2D eigenvalue weighted by atomic mass is 16.5. The van der Waals surface area contributed by atoms with Gasteiger partial charge < -0.3 is 20.1 Å². The Morgan fingerprint density at radius 1 is 1.00 bits per heavy atom. The predicted molar refractivity (Wildman–Crippen MR) is 137 cm³/mol. The van der Waals surface area contributed by atoms with E-state index in [1.54, 1.807) is 13.3 Å². The van der Waals surface area contributed by atoms with Crippen molar-refractivity contribution >= 4 is 23.1 Å². The van der Waals surface area contributed by atoms with Crippen LogP contribution in [0.3, 0.4) is 0 Å². The zero-order chi connectivity index (χ0) is 24.2. The maximum Gasteiger partial charge on any atom is 0.261 e. The lowest BCUT2D eigenvalue weighted by molar-refractivity contribution is 0.102. The van der Waals surface area contributed by atoms with Crippen LogP contribution in [0, 0.1) is 0 Å². The molecule has 1 aliphatic heterocycles. The number of benzene rings is 3. The van der Waals surface area contributed by atoms with Gasteiger partial charge in [-0.05, 0) is 60.5 Å². The van der Waals surface area contributed by atoms with Gasteiger partial charge in [-0.1, -0.05) is 42.5 Å². The van der Waals surface area contributed by atoms with Gasteiger partial charge in [-0.25, -0.2) is 4.68 Å². The van der Waals surface area contributed by atoms with E-state index in [1.165, 1.54) is 0 Å². The van der Waals surface area contributed by atoms with Crippen LogP contribution in [-0.4, -0.2) is 29.4 Å². The summed E-state index contributed by atoms with van der Waals surface area (Å²) in [4.78, 5) is 13.3. The lowest BCUT2D eigenvalue weighted by atomic mass is 10.0. The maximum absolute atomic E-state index is 13.3. The number of carbonyl (C=O) groups is 1. The van der Waals surface area contributed by atoms with Gasteiger partial charge in [-0.2, -0.15) is 5.10 Å². The van der Waals surface area contributed by atoms with Gasteiger partial charge in [-0.15, -0.1) is 0 Å². The van der Waals surface area contributed by atoms with Gasteiger partial charge in [0, 0.05) is 11.4 Å². The molecule has 0 spiro atoms. The quantitative estimate of drug-likeness (QED) is 0.371. The van der Waals surface area contributed by atoms with Crippen molar-refractivity contribution in [3.05, 3.63) is 108 Å². The first-order chi connectivity index (χ1) is 17.2. The number of hydrogen-bond donors (Lipinski definition) is 2. The van der Waals surface area contributed by atoms with Gasteiger partial charge in [0.15, 0.2) is 0 Å². The molecule has 2 heterocycles. The Bertz CT molecular complexity index is 1340. The summed E-state index contributed by atoms with van der Waals surface area (Å²) in [6.07, 6.45) is 3.72. The summed E-state index contributed by atoms with van der Waals surface area (Å²) in [5.74, 6) is 1.93. The molecule has 7 heteroatoms. The molecule has 3 aromatic carbocycles. The van der Waals surface area contributed by atoms with Crippen LogP contribution >= 0.6 is 0 Å². The minimum atomic E-state index is -0.245. The van der Waals surface area contributed by atoms with Crippen LogP contribution in [-0.2, 0) is 0 Å². The molecule has 0 fully saturated rings. The first-order valence-electron chi connectivity index (χ1n) is 11.5. The third-order valence-electron chi connectivity index (χ3n) is 5.85. The molecule has 0 bridgehead atoms. The Labute approximate surface area is 204 Å². The summed E-state index contributed by atoms with van der Waals surface area (Å²) in [5, 5.41) is 11.0. The molecule has 1 aliphatic rings. The van der Waals surface area contributed by atoms with Gasteiger partial charge in [-0.3, -0.25) is 4.79 Å². The number of nitrogens with one attached hydrogen (secondary N) is 2. The Kier molecular flexibility index (Phi) is 6.22. The first-order valence-corrected chi connectivity index (χ1v) is 11.5. The highest BCUT2D eigenvalue weighted by Crippen LogP contribution is 2.36. The smallest absolute Gasteiger partial charge is 0.261 e. The number of aromatic nitrogens is 2. The molecule has 35 heavy (non-hydrogen) atoms. The average Bonchev–Trinajstić information content (AvgIpc) is 3.34. The van der Waals surface area contributed by atoms with Crippen LogP contribution in [0.4, 0.5) is 11.5 Å². The first kappa shape index (κ1) is 22.3. The lowest BCUT2D eigenvalue weighted by Crippen LogP contribution is -2.22. The molecule has 7 nitrogen and oxygen atoms in total. The van der Waals surface area contributed by atoms with Crippen LogP contribution in [0.2, 0.25) is 0 Å². The molecular weight excluding hydrogens is 440 g/mol. The molecule has 1 atom stereocenters. The second kappa shape index (κ2) is 9.77. The van der Waals surface area contributed by atoms with Gasteiger partial charge in [0.25, 0.3) is 5.91 Å². The molecular formula is C28H26N4O3. The fraction of sp³-hybridized carbons (Fsp3) is 0.143. The molecule has 1 amide bonds. The van der Waals surface area contributed by atoms with Crippen LogP contribution in [0.15, 0.2) is 91.1 Å². The Morgan fingerprint density at radius 3 is 2.40 bits per heavy atom. The lowest BCUT2D eigenvalue weighted by Gasteiger charge is -2.26.